The molecule has 4 rings (SSSR count). The van der Waals surface area contributed by atoms with Crippen molar-refractivity contribution < 1.29 is 4.74 Å². The van der Waals surface area contributed by atoms with E-state index in [1.165, 1.54) is 6.07 Å². The Hall–Kier alpha value is -2.79. The van der Waals surface area contributed by atoms with Crippen LogP contribution in [-0.4, -0.2) is 36.1 Å². The molecule has 2 heterocycles. The van der Waals surface area contributed by atoms with Crippen LogP contribution in [0, 0.1) is 0 Å². The first-order chi connectivity index (χ1) is 12.7. The monoisotopic (exact) mass is 349 g/mol. The molecule has 3 aromatic rings. The minimum absolute atomic E-state index is 0.167. The summed E-state index contributed by atoms with van der Waals surface area (Å²) in [5.74, 6) is 1.29. The van der Waals surface area contributed by atoms with E-state index in [1.54, 1.807) is 0 Å². The highest BCUT2D eigenvalue weighted by molar-refractivity contribution is 5.84. The standard InChI is InChI=1S/C21H23N3O2/c1-24-11-9-15(10-12-24)22-16-5-4-6-17(13-16)26-20-14-21(25)23-19-8-3-2-7-18(19)20/h2-8,13-15,22H,9-12H2,1H3,(H,23,25). The Balaban J connectivity index is 1.55. The van der Waals surface area contributed by atoms with Crippen molar-refractivity contribution in [3.63, 3.8) is 0 Å². The average Bonchev–Trinajstić information content (AvgIpc) is 2.64. The normalized spacial score (nSPS) is 15.9. The van der Waals surface area contributed by atoms with Gasteiger partial charge in [-0.05, 0) is 57.2 Å². The van der Waals surface area contributed by atoms with Gasteiger partial charge in [-0.15, -0.1) is 0 Å². The summed E-state index contributed by atoms with van der Waals surface area (Å²) < 4.78 is 6.05. The second-order valence-corrected chi connectivity index (χ2v) is 6.90. The number of likely N-dealkylation sites (tertiary alicyclic amines) is 1. The quantitative estimate of drug-likeness (QED) is 0.752. The number of rotatable bonds is 4. The lowest BCUT2D eigenvalue weighted by atomic mass is 10.1. The second-order valence-electron chi connectivity index (χ2n) is 6.90. The largest absolute Gasteiger partial charge is 0.456 e. The molecule has 0 aliphatic carbocycles. The second kappa shape index (κ2) is 7.22. The Kier molecular flexibility index (Phi) is 4.63. The summed E-state index contributed by atoms with van der Waals surface area (Å²) in [4.78, 5) is 17.1. The predicted molar refractivity (Wildman–Crippen MR) is 105 cm³/mol. The van der Waals surface area contributed by atoms with Gasteiger partial charge in [-0.3, -0.25) is 4.79 Å². The number of aromatic amines is 1. The number of para-hydroxylation sites is 1. The first-order valence-electron chi connectivity index (χ1n) is 9.02. The van der Waals surface area contributed by atoms with E-state index < -0.39 is 0 Å². The van der Waals surface area contributed by atoms with Crippen molar-refractivity contribution in [3.05, 3.63) is 65.0 Å². The number of nitrogens with one attached hydrogen (secondary N) is 2. The van der Waals surface area contributed by atoms with Gasteiger partial charge in [0.1, 0.15) is 11.5 Å². The fourth-order valence-electron chi connectivity index (χ4n) is 3.42. The molecule has 2 N–H and O–H groups in total. The molecule has 1 saturated heterocycles. The van der Waals surface area contributed by atoms with Crippen LogP contribution in [0.5, 0.6) is 11.5 Å². The van der Waals surface area contributed by atoms with Gasteiger partial charge in [0.2, 0.25) is 0 Å². The van der Waals surface area contributed by atoms with Gasteiger partial charge >= 0.3 is 0 Å². The maximum atomic E-state index is 11.9. The molecule has 1 aliphatic rings. The van der Waals surface area contributed by atoms with Crippen LogP contribution in [0.1, 0.15) is 12.8 Å². The third-order valence-corrected chi connectivity index (χ3v) is 4.86. The number of hydrogen-bond donors (Lipinski definition) is 2. The maximum absolute atomic E-state index is 11.9. The van der Waals surface area contributed by atoms with E-state index in [9.17, 15) is 4.79 Å². The Morgan fingerprint density at radius 2 is 1.88 bits per heavy atom. The summed E-state index contributed by atoms with van der Waals surface area (Å²) in [6, 6.07) is 17.6. The highest BCUT2D eigenvalue weighted by atomic mass is 16.5. The number of anilines is 1. The Labute approximate surface area is 152 Å². The van der Waals surface area contributed by atoms with E-state index >= 15 is 0 Å². The summed E-state index contributed by atoms with van der Waals surface area (Å²) in [5.41, 5.74) is 1.65. The summed E-state index contributed by atoms with van der Waals surface area (Å²) in [6.07, 6.45) is 2.28. The third kappa shape index (κ3) is 3.73. The highest BCUT2D eigenvalue weighted by Gasteiger charge is 2.16. The van der Waals surface area contributed by atoms with E-state index in [1.807, 2.05) is 42.5 Å². The molecule has 0 saturated carbocycles. The Bertz CT molecular complexity index is 959. The van der Waals surface area contributed by atoms with Crippen molar-refractivity contribution in [2.75, 3.05) is 25.5 Å². The fraction of sp³-hybridized carbons (Fsp3) is 0.286. The van der Waals surface area contributed by atoms with E-state index in [-0.39, 0.29) is 5.56 Å². The fourth-order valence-corrected chi connectivity index (χ4v) is 3.42. The van der Waals surface area contributed by atoms with Crippen molar-refractivity contribution in [3.8, 4) is 11.5 Å². The van der Waals surface area contributed by atoms with Gasteiger partial charge in [-0.25, -0.2) is 0 Å². The summed E-state index contributed by atoms with van der Waals surface area (Å²) in [5, 5.41) is 4.49. The van der Waals surface area contributed by atoms with Crippen LogP contribution in [-0.2, 0) is 0 Å². The predicted octanol–water partition coefficient (Wildman–Crippen LogP) is 3.83. The highest BCUT2D eigenvalue weighted by Crippen LogP contribution is 2.29. The number of piperidine rings is 1. The van der Waals surface area contributed by atoms with Crippen molar-refractivity contribution in [2.45, 2.75) is 18.9 Å². The van der Waals surface area contributed by atoms with Crippen molar-refractivity contribution in [1.29, 1.82) is 0 Å². The molecule has 1 fully saturated rings. The molecule has 0 amide bonds. The summed E-state index contributed by atoms with van der Waals surface area (Å²) >= 11 is 0. The molecule has 1 aliphatic heterocycles. The number of benzene rings is 2. The molecular weight excluding hydrogens is 326 g/mol. The third-order valence-electron chi connectivity index (χ3n) is 4.86. The molecule has 0 atom stereocenters. The van der Waals surface area contributed by atoms with Gasteiger partial charge in [0.05, 0.1) is 5.52 Å². The molecule has 134 valence electrons. The molecule has 5 nitrogen and oxygen atoms in total. The maximum Gasteiger partial charge on any atom is 0.252 e. The van der Waals surface area contributed by atoms with E-state index in [2.05, 4.69) is 28.3 Å². The van der Waals surface area contributed by atoms with Gasteiger partial charge < -0.3 is 19.9 Å². The number of fused-ring (bicyclic) bond motifs is 1. The van der Waals surface area contributed by atoms with E-state index in [4.69, 9.17) is 4.74 Å². The minimum atomic E-state index is -0.167. The zero-order chi connectivity index (χ0) is 17.9. The number of H-pyrrole nitrogens is 1. The van der Waals surface area contributed by atoms with Gasteiger partial charge in [0.25, 0.3) is 5.56 Å². The molecule has 26 heavy (non-hydrogen) atoms. The summed E-state index contributed by atoms with van der Waals surface area (Å²) in [6.45, 7) is 2.24. The molecule has 1 aromatic heterocycles. The molecule has 0 spiro atoms. The molecule has 5 heteroatoms. The van der Waals surface area contributed by atoms with Crippen molar-refractivity contribution in [2.24, 2.45) is 0 Å². The van der Waals surface area contributed by atoms with Gasteiger partial charge in [0, 0.05) is 29.2 Å². The van der Waals surface area contributed by atoms with Crippen LogP contribution < -0.4 is 15.6 Å². The van der Waals surface area contributed by atoms with E-state index in [0.717, 1.165) is 48.3 Å². The lowest BCUT2D eigenvalue weighted by Gasteiger charge is -2.30. The van der Waals surface area contributed by atoms with Crippen LogP contribution in [0.2, 0.25) is 0 Å². The smallest absolute Gasteiger partial charge is 0.252 e. The van der Waals surface area contributed by atoms with Gasteiger partial charge in [-0.2, -0.15) is 0 Å². The van der Waals surface area contributed by atoms with Crippen LogP contribution >= 0.6 is 0 Å². The SMILES string of the molecule is CN1CCC(Nc2cccc(Oc3cc(=O)[nH]c4ccccc34)c2)CC1. The Morgan fingerprint density at radius 3 is 2.73 bits per heavy atom. The minimum Gasteiger partial charge on any atom is -0.456 e. The van der Waals surface area contributed by atoms with Crippen LogP contribution in [0.4, 0.5) is 5.69 Å². The van der Waals surface area contributed by atoms with Gasteiger partial charge in [0.15, 0.2) is 0 Å². The number of nitrogens with zero attached hydrogens (tertiary/aromatic N) is 1. The number of ether oxygens (including phenoxy) is 1. The number of hydrogen-bond acceptors (Lipinski definition) is 4. The average molecular weight is 349 g/mol. The lowest BCUT2D eigenvalue weighted by molar-refractivity contribution is 0.264. The first kappa shape index (κ1) is 16.7. The van der Waals surface area contributed by atoms with Gasteiger partial charge in [-0.1, -0.05) is 18.2 Å². The van der Waals surface area contributed by atoms with Crippen LogP contribution in [0.3, 0.4) is 0 Å². The van der Waals surface area contributed by atoms with Crippen molar-refractivity contribution in [1.82, 2.24) is 9.88 Å². The topological polar surface area (TPSA) is 57.4 Å². The number of pyridine rings is 1. The molecule has 0 unspecified atom stereocenters. The first-order valence-corrected chi connectivity index (χ1v) is 9.02. The van der Waals surface area contributed by atoms with Crippen LogP contribution in [0.15, 0.2) is 59.4 Å². The van der Waals surface area contributed by atoms with Crippen LogP contribution in [0.25, 0.3) is 10.9 Å². The zero-order valence-electron chi connectivity index (χ0n) is 14.9. The molecular formula is C21H23N3O2. The molecule has 0 radical (unpaired) electrons. The van der Waals surface area contributed by atoms with E-state index in [0.29, 0.717) is 11.8 Å². The van der Waals surface area contributed by atoms with Crippen molar-refractivity contribution >= 4 is 16.6 Å². The zero-order valence-corrected chi connectivity index (χ0v) is 14.9. The summed E-state index contributed by atoms with van der Waals surface area (Å²) in [7, 11) is 2.16. The number of aromatic nitrogens is 1. The molecule has 2 aromatic carbocycles. The molecule has 0 bridgehead atoms. The Morgan fingerprint density at radius 1 is 1.08 bits per heavy atom. The lowest BCUT2D eigenvalue weighted by Crippen LogP contribution is -2.36.